The molecule has 1 aromatic heterocycles. The fraction of sp³-hybridized carbons (Fsp3) is 0.474. The van der Waals surface area contributed by atoms with Gasteiger partial charge in [0.05, 0.1) is 18.9 Å². The van der Waals surface area contributed by atoms with Gasteiger partial charge in [0.25, 0.3) is 0 Å². The van der Waals surface area contributed by atoms with Crippen molar-refractivity contribution in [2.75, 3.05) is 19.8 Å². The van der Waals surface area contributed by atoms with E-state index in [1.807, 2.05) is 6.20 Å². The minimum atomic E-state index is -1.16. The molecule has 0 bridgehead atoms. The number of halogens is 3. The maximum Gasteiger partial charge on any atom is 0.239 e. The number of benzene rings is 1. The number of carbonyl (C=O) groups excluding carboxylic acids is 1. The Hall–Kier alpha value is -2.43. The van der Waals surface area contributed by atoms with Crippen LogP contribution in [0.5, 0.6) is 0 Å². The van der Waals surface area contributed by atoms with Gasteiger partial charge in [0, 0.05) is 49.4 Å². The summed E-state index contributed by atoms with van der Waals surface area (Å²) >= 11 is 0. The molecule has 2 atom stereocenters. The van der Waals surface area contributed by atoms with E-state index < -0.39 is 17.5 Å². The lowest BCUT2D eigenvalue weighted by molar-refractivity contribution is -0.118. The van der Waals surface area contributed by atoms with Crippen LogP contribution < -0.4 is 11.5 Å². The summed E-state index contributed by atoms with van der Waals surface area (Å²) in [4.78, 5) is 13.4. The first kappa shape index (κ1) is 21.3. The molecule has 29 heavy (non-hydrogen) atoms. The van der Waals surface area contributed by atoms with E-state index in [0.717, 1.165) is 50.4 Å². The van der Waals surface area contributed by atoms with Crippen LogP contribution in [0, 0.1) is 17.5 Å². The van der Waals surface area contributed by atoms with Crippen molar-refractivity contribution in [1.29, 1.82) is 0 Å². The summed E-state index contributed by atoms with van der Waals surface area (Å²) in [5, 5.41) is 4.42. The minimum absolute atomic E-state index is 0.132. The quantitative estimate of drug-likeness (QED) is 0.733. The van der Waals surface area contributed by atoms with Gasteiger partial charge in [0.2, 0.25) is 5.91 Å². The molecule has 0 radical (unpaired) electrons. The molecule has 3 heterocycles. The van der Waals surface area contributed by atoms with Gasteiger partial charge in [-0.2, -0.15) is 5.10 Å². The normalized spacial score (nSPS) is 21.8. The van der Waals surface area contributed by atoms with Gasteiger partial charge >= 0.3 is 0 Å². The van der Waals surface area contributed by atoms with E-state index in [9.17, 15) is 18.0 Å². The molecule has 7 nitrogen and oxygen atoms in total. The number of carbonyl (C=O) groups is 1. The molecule has 0 aliphatic carbocycles. The predicted molar refractivity (Wildman–Crippen MR) is 99.1 cm³/mol. The van der Waals surface area contributed by atoms with Crippen LogP contribution in [-0.2, 0) is 29.0 Å². The van der Waals surface area contributed by atoms with Crippen molar-refractivity contribution in [3.8, 4) is 0 Å². The maximum atomic E-state index is 12.0. The first-order valence-corrected chi connectivity index (χ1v) is 9.33. The van der Waals surface area contributed by atoms with Gasteiger partial charge in [-0.3, -0.25) is 14.4 Å². The second-order valence-corrected chi connectivity index (χ2v) is 7.23. The Morgan fingerprint density at radius 3 is 2.69 bits per heavy atom. The monoisotopic (exact) mass is 411 g/mol. The number of hydrogen-bond donors (Lipinski definition) is 2. The first-order valence-electron chi connectivity index (χ1n) is 9.33. The van der Waals surface area contributed by atoms with Gasteiger partial charge in [-0.05, 0) is 18.6 Å². The molecule has 4 N–H and O–H groups in total. The summed E-state index contributed by atoms with van der Waals surface area (Å²) in [6, 6.07) is 2.61. The van der Waals surface area contributed by atoms with E-state index in [-0.39, 0.29) is 18.5 Å². The van der Waals surface area contributed by atoms with Crippen molar-refractivity contribution in [2.45, 2.75) is 38.0 Å². The number of hydrogen-bond acceptors (Lipinski definition) is 5. The molecule has 1 fully saturated rings. The van der Waals surface area contributed by atoms with E-state index in [1.165, 1.54) is 5.56 Å². The molecule has 0 spiro atoms. The Kier molecular flexibility index (Phi) is 6.88. The number of nitrogens with two attached hydrogens (primary N) is 2. The highest BCUT2D eigenvalue weighted by Crippen LogP contribution is 2.22. The molecule has 1 amide bonds. The Labute approximate surface area is 166 Å². The molecule has 1 saturated heterocycles. The lowest BCUT2D eigenvalue weighted by Gasteiger charge is -2.37. The Morgan fingerprint density at radius 1 is 1.24 bits per heavy atom. The van der Waals surface area contributed by atoms with Gasteiger partial charge in [0.1, 0.15) is 12.4 Å². The number of primary amides is 1. The molecule has 2 aliphatic rings. The topological polar surface area (TPSA) is 99.4 Å². The Bertz CT molecular complexity index is 860. The minimum Gasteiger partial charge on any atom is -0.378 e. The fourth-order valence-electron chi connectivity index (χ4n) is 3.51. The van der Waals surface area contributed by atoms with Crippen molar-refractivity contribution in [2.24, 2.45) is 11.5 Å². The second-order valence-electron chi connectivity index (χ2n) is 7.23. The van der Waals surface area contributed by atoms with E-state index >= 15 is 0 Å². The van der Waals surface area contributed by atoms with Gasteiger partial charge in [-0.25, -0.2) is 13.2 Å². The van der Waals surface area contributed by atoms with Gasteiger partial charge < -0.3 is 16.2 Å². The summed E-state index contributed by atoms with van der Waals surface area (Å²) < 4.78 is 43.0. The standard InChI is InChI=1S/C13H21N5O2.C6H3F3/c14-10-3-11(8-20-7-10)17-2-1-12-9(4-17)5-18(16-12)6-13(15)19;7-4-1-2-5(8)6(9)3-4/h5,10-11H,1-4,6-8,14H2,(H2,15,19);1-3H/t10-,11+;/m0./s1. The number of aromatic nitrogens is 2. The summed E-state index contributed by atoms with van der Waals surface area (Å²) in [6.45, 7) is 3.35. The summed E-state index contributed by atoms with van der Waals surface area (Å²) in [6.07, 6.45) is 3.80. The number of rotatable bonds is 3. The van der Waals surface area contributed by atoms with Crippen molar-refractivity contribution in [3.05, 3.63) is 53.1 Å². The third-order valence-corrected chi connectivity index (χ3v) is 4.87. The van der Waals surface area contributed by atoms with Gasteiger partial charge in [-0.1, -0.05) is 0 Å². The highest BCUT2D eigenvalue weighted by Gasteiger charge is 2.29. The number of nitrogens with zero attached hydrogens (tertiary/aromatic N) is 3. The fourth-order valence-corrected chi connectivity index (χ4v) is 3.51. The third-order valence-electron chi connectivity index (χ3n) is 4.87. The zero-order chi connectivity index (χ0) is 21.0. The van der Waals surface area contributed by atoms with Crippen LogP contribution in [0.15, 0.2) is 24.4 Å². The number of ether oxygens (including phenoxy) is 1. The number of amides is 1. The molecule has 0 saturated carbocycles. The predicted octanol–water partition coefficient (Wildman–Crippen LogP) is 0.947. The van der Waals surface area contributed by atoms with Crippen LogP contribution in [0.3, 0.4) is 0 Å². The zero-order valence-corrected chi connectivity index (χ0v) is 15.9. The molecular weight excluding hydrogens is 387 g/mol. The van der Waals surface area contributed by atoms with Crippen LogP contribution >= 0.6 is 0 Å². The molecular formula is C19H24F3N5O2. The van der Waals surface area contributed by atoms with E-state index in [1.54, 1.807) is 4.68 Å². The molecule has 0 unspecified atom stereocenters. The SMILES string of the molecule is Fc1ccc(F)c(F)c1.NC(=O)Cn1cc2c(n1)CCN([C@H]1COC[C@@H](N)C1)C2. The summed E-state index contributed by atoms with van der Waals surface area (Å²) in [5.74, 6) is -3.33. The van der Waals surface area contributed by atoms with Crippen molar-refractivity contribution in [1.82, 2.24) is 14.7 Å². The number of fused-ring (bicyclic) bond motifs is 1. The van der Waals surface area contributed by atoms with E-state index in [0.29, 0.717) is 18.7 Å². The molecule has 1 aromatic carbocycles. The van der Waals surface area contributed by atoms with Crippen molar-refractivity contribution < 1.29 is 22.7 Å². The van der Waals surface area contributed by atoms with Gasteiger partial charge in [0.15, 0.2) is 11.6 Å². The van der Waals surface area contributed by atoms with Crippen LogP contribution in [0.25, 0.3) is 0 Å². The average Bonchev–Trinajstić information content (AvgIpc) is 3.06. The van der Waals surface area contributed by atoms with Crippen molar-refractivity contribution >= 4 is 5.91 Å². The van der Waals surface area contributed by atoms with E-state index in [4.69, 9.17) is 16.2 Å². The lowest BCUT2D eigenvalue weighted by Crippen LogP contribution is -2.49. The highest BCUT2D eigenvalue weighted by atomic mass is 19.2. The van der Waals surface area contributed by atoms with Crippen LogP contribution in [0.4, 0.5) is 13.2 Å². The van der Waals surface area contributed by atoms with Crippen LogP contribution in [0.1, 0.15) is 17.7 Å². The zero-order valence-electron chi connectivity index (χ0n) is 15.9. The van der Waals surface area contributed by atoms with Crippen LogP contribution in [0.2, 0.25) is 0 Å². The molecule has 4 rings (SSSR count). The average molecular weight is 411 g/mol. The maximum absolute atomic E-state index is 12.0. The largest absolute Gasteiger partial charge is 0.378 e. The van der Waals surface area contributed by atoms with Crippen LogP contribution in [-0.4, -0.2) is 52.4 Å². The lowest BCUT2D eigenvalue weighted by atomic mass is 10.0. The Balaban J connectivity index is 0.000000224. The molecule has 2 aromatic rings. The van der Waals surface area contributed by atoms with Crippen molar-refractivity contribution in [3.63, 3.8) is 0 Å². The van der Waals surface area contributed by atoms with Gasteiger partial charge in [-0.15, -0.1) is 0 Å². The third kappa shape index (κ3) is 5.78. The second kappa shape index (κ2) is 9.38. The van der Waals surface area contributed by atoms with E-state index in [2.05, 4.69) is 10.00 Å². The first-order chi connectivity index (χ1) is 13.8. The molecule has 10 heteroatoms. The summed E-state index contributed by atoms with van der Waals surface area (Å²) in [5.41, 5.74) is 13.4. The smallest absolute Gasteiger partial charge is 0.239 e. The summed E-state index contributed by atoms with van der Waals surface area (Å²) in [7, 11) is 0. The highest BCUT2D eigenvalue weighted by molar-refractivity contribution is 5.73. The Morgan fingerprint density at radius 2 is 2.03 bits per heavy atom. The molecule has 2 aliphatic heterocycles. The molecule has 158 valence electrons.